The maximum atomic E-state index is 12.1. The maximum Gasteiger partial charge on any atom is 0.388 e. The largest absolute Gasteiger partial charge is 0.417 e. The molecule has 1 aliphatic rings. The van der Waals surface area contributed by atoms with Gasteiger partial charge in [0.05, 0.1) is 17.2 Å². The Morgan fingerprint density at radius 2 is 2.14 bits per heavy atom. The second-order valence-corrected chi connectivity index (χ2v) is 6.45. The van der Waals surface area contributed by atoms with Crippen molar-refractivity contribution in [3.63, 3.8) is 0 Å². The molecule has 6 nitrogen and oxygen atoms in total. The van der Waals surface area contributed by atoms with Crippen molar-refractivity contribution in [1.82, 2.24) is 20.2 Å². The lowest BCUT2D eigenvalue weighted by atomic mass is 10.4. The Hall–Kier alpha value is -1.90. The van der Waals surface area contributed by atoms with Crippen LogP contribution < -0.4 is 4.74 Å². The summed E-state index contributed by atoms with van der Waals surface area (Å²) in [4.78, 5) is 8.20. The Morgan fingerprint density at radius 1 is 1.32 bits per heavy atom. The SMILES string of the molecule is O=S(Cc1cccc(OC(F)F)n1)Cc1nc(C2CC2)n[nH]1. The summed E-state index contributed by atoms with van der Waals surface area (Å²) in [7, 11) is -1.26. The molecule has 2 heterocycles. The second-order valence-electron chi connectivity index (χ2n) is 4.99. The van der Waals surface area contributed by atoms with E-state index >= 15 is 0 Å². The lowest BCUT2D eigenvalue weighted by Gasteiger charge is -2.05. The van der Waals surface area contributed by atoms with Crippen LogP contribution in [0.4, 0.5) is 8.78 Å². The molecule has 0 aromatic carbocycles. The van der Waals surface area contributed by atoms with Gasteiger partial charge < -0.3 is 4.74 Å². The van der Waals surface area contributed by atoms with Gasteiger partial charge in [-0.15, -0.1) is 0 Å². The Kier molecular flexibility index (Phi) is 4.41. The van der Waals surface area contributed by atoms with Gasteiger partial charge in [-0.1, -0.05) is 6.07 Å². The van der Waals surface area contributed by atoms with E-state index < -0.39 is 17.4 Å². The zero-order valence-electron chi connectivity index (χ0n) is 11.5. The molecule has 1 fully saturated rings. The van der Waals surface area contributed by atoms with Crippen LogP contribution in [-0.4, -0.2) is 31.0 Å². The quantitative estimate of drug-likeness (QED) is 0.842. The number of H-pyrrole nitrogens is 1. The highest BCUT2D eigenvalue weighted by Crippen LogP contribution is 2.37. The molecule has 9 heteroatoms. The third-order valence-corrected chi connectivity index (χ3v) is 4.30. The summed E-state index contributed by atoms with van der Waals surface area (Å²) in [5.41, 5.74) is 0.429. The molecular weight excluding hydrogens is 314 g/mol. The molecule has 0 amide bonds. The highest BCUT2D eigenvalue weighted by molar-refractivity contribution is 7.83. The Balaban J connectivity index is 1.58. The molecule has 118 valence electrons. The maximum absolute atomic E-state index is 12.1. The average Bonchev–Trinajstić information content (AvgIpc) is 3.19. The number of halogens is 2. The fraction of sp³-hybridized carbons (Fsp3) is 0.462. The van der Waals surface area contributed by atoms with E-state index in [1.165, 1.54) is 12.1 Å². The number of aromatic amines is 1. The predicted molar refractivity (Wildman–Crippen MR) is 74.8 cm³/mol. The van der Waals surface area contributed by atoms with Gasteiger partial charge in [0.15, 0.2) is 5.82 Å². The summed E-state index contributed by atoms with van der Waals surface area (Å²) in [5, 5.41) is 6.88. The number of pyridine rings is 1. The molecule has 1 atom stereocenters. The van der Waals surface area contributed by atoms with Gasteiger partial charge in [-0.05, 0) is 18.9 Å². The number of nitrogens with zero attached hydrogens (tertiary/aromatic N) is 3. The number of aromatic nitrogens is 4. The molecule has 0 saturated heterocycles. The Labute approximate surface area is 127 Å². The first-order valence-electron chi connectivity index (χ1n) is 6.77. The predicted octanol–water partition coefficient (Wildman–Crippen LogP) is 2.13. The van der Waals surface area contributed by atoms with Crippen molar-refractivity contribution in [1.29, 1.82) is 0 Å². The Morgan fingerprint density at radius 3 is 2.86 bits per heavy atom. The minimum atomic E-state index is -2.93. The van der Waals surface area contributed by atoms with Gasteiger partial charge in [0, 0.05) is 22.8 Å². The van der Waals surface area contributed by atoms with Crippen LogP contribution in [0.5, 0.6) is 5.88 Å². The number of hydrogen-bond donors (Lipinski definition) is 1. The lowest BCUT2D eigenvalue weighted by Crippen LogP contribution is -2.06. The number of alkyl halides is 2. The molecule has 0 bridgehead atoms. The van der Waals surface area contributed by atoms with Crippen molar-refractivity contribution in [2.24, 2.45) is 0 Å². The van der Waals surface area contributed by atoms with E-state index in [1.54, 1.807) is 6.07 Å². The van der Waals surface area contributed by atoms with Crippen molar-refractivity contribution in [3.05, 3.63) is 35.5 Å². The summed E-state index contributed by atoms with van der Waals surface area (Å²) in [6, 6.07) is 4.49. The van der Waals surface area contributed by atoms with Crippen molar-refractivity contribution < 1.29 is 17.7 Å². The molecule has 1 saturated carbocycles. The second kappa shape index (κ2) is 6.47. The summed E-state index contributed by atoms with van der Waals surface area (Å²) in [6.45, 7) is -2.93. The summed E-state index contributed by atoms with van der Waals surface area (Å²) < 4.78 is 40.6. The van der Waals surface area contributed by atoms with E-state index in [9.17, 15) is 13.0 Å². The molecule has 0 aliphatic heterocycles. The van der Waals surface area contributed by atoms with Gasteiger partial charge in [-0.25, -0.2) is 9.97 Å². The standard InChI is InChI=1S/C13H14F2N4O2S/c14-13(15)21-11-3-1-2-9(16-11)6-22(20)7-10-17-12(19-18-10)8-4-5-8/h1-3,8,13H,4-7H2,(H,17,18,19). The zero-order valence-corrected chi connectivity index (χ0v) is 12.4. The normalized spacial score (nSPS) is 16.0. The minimum absolute atomic E-state index is 0.139. The van der Waals surface area contributed by atoms with Crippen LogP contribution in [0.1, 0.15) is 36.1 Å². The van der Waals surface area contributed by atoms with Crippen molar-refractivity contribution in [2.45, 2.75) is 36.9 Å². The van der Waals surface area contributed by atoms with E-state index in [0.29, 0.717) is 17.4 Å². The van der Waals surface area contributed by atoms with Gasteiger partial charge in [0.1, 0.15) is 5.82 Å². The summed E-state index contributed by atoms with van der Waals surface area (Å²) in [6.07, 6.45) is 2.20. The van der Waals surface area contributed by atoms with Crippen molar-refractivity contribution >= 4 is 10.8 Å². The molecule has 22 heavy (non-hydrogen) atoms. The first kappa shape index (κ1) is 15.0. The van der Waals surface area contributed by atoms with Gasteiger partial charge in [0.2, 0.25) is 5.88 Å². The number of hydrogen-bond acceptors (Lipinski definition) is 5. The average molecular weight is 328 g/mol. The molecule has 2 aromatic heterocycles. The highest BCUT2D eigenvalue weighted by atomic mass is 32.2. The van der Waals surface area contributed by atoms with E-state index in [1.807, 2.05) is 0 Å². The molecule has 0 spiro atoms. The van der Waals surface area contributed by atoms with Gasteiger partial charge in [-0.3, -0.25) is 9.31 Å². The van der Waals surface area contributed by atoms with Crippen LogP contribution in [0.2, 0.25) is 0 Å². The summed E-state index contributed by atoms with van der Waals surface area (Å²) in [5.74, 6) is 1.96. The number of nitrogens with one attached hydrogen (secondary N) is 1. The third-order valence-electron chi connectivity index (χ3n) is 3.09. The summed E-state index contributed by atoms with van der Waals surface area (Å²) >= 11 is 0. The highest BCUT2D eigenvalue weighted by Gasteiger charge is 2.27. The van der Waals surface area contributed by atoms with Crippen molar-refractivity contribution in [3.8, 4) is 5.88 Å². The fourth-order valence-electron chi connectivity index (χ4n) is 1.96. The molecule has 3 rings (SSSR count). The smallest absolute Gasteiger partial charge is 0.388 e. The van der Waals surface area contributed by atoms with E-state index in [0.717, 1.165) is 18.7 Å². The van der Waals surface area contributed by atoms with Crippen LogP contribution in [0, 0.1) is 0 Å². The minimum Gasteiger partial charge on any atom is -0.417 e. The van der Waals surface area contributed by atoms with Gasteiger partial charge >= 0.3 is 6.61 Å². The molecule has 1 N–H and O–H groups in total. The van der Waals surface area contributed by atoms with E-state index in [4.69, 9.17) is 0 Å². The first-order valence-corrected chi connectivity index (χ1v) is 8.26. The third kappa shape index (κ3) is 4.06. The monoisotopic (exact) mass is 328 g/mol. The van der Waals surface area contributed by atoms with Crippen LogP contribution in [-0.2, 0) is 22.3 Å². The van der Waals surface area contributed by atoms with Crippen LogP contribution in [0.3, 0.4) is 0 Å². The van der Waals surface area contributed by atoms with E-state index in [2.05, 4.69) is 24.9 Å². The van der Waals surface area contributed by atoms with Gasteiger partial charge in [0.25, 0.3) is 0 Å². The number of rotatable bonds is 7. The molecule has 1 unspecified atom stereocenters. The van der Waals surface area contributed by atoms with Crippen LogP contribution >= 0.6 is 0 Å². The van der Waals surface area contributed by atoms with Crippen LogP contribution in [0.15, 0.2) is 18.2 Å². The lowest BCUT2D eigenvalue weighted by molar-refractivity contribution is -0.0529. The molecular formula is C13H14F2N4O2S. The van der Waals surface area contributed by atoms with Gasteiger partial charge in [-0.2, -0.15) is 13.9 Å². The zero-order chi connectivity index (χ0) is 15.5. The van der Waals surface area contributed by atoms with Crippen molar-refractivity contribution in [2.75, 3.05) is 0 Å². The first-order chi connectivity index (χ1) is 10.6. The number of ether oxygens (including phenoxy) is 1. The topological polar surface area (TPSA) is 80.8 Å². The Bertz CT molecular complexity index is 676. The van der Waals surface area contributed by atoms with E-state index in [-0.39, 0.29) is 17.4 Å². The molecule has 0 radical (unpaired) electrons. The van der Waals surface area contributed by atoms with Crippen LogP contribution in [0.25, 0.3) is 0 Å². The molecule has 1 aliphatic carbocycles. The fourth-order valence-corrected chi connectivity index (χ4v) is 2.99. The molecule has 2 aromatic rings.